The Bertz CT molecular complexity index is 568. The van der Waals surface area contributed by atoms with Crippen LogP contribution >= 0.6 is 23.2 Å². The molecule has 21 heavy (non-hydrogen) atoms. The van der Waals surface area contributed by atoms with Gasteiger partial charge >= 0.3 is 0 Å². The number of rotatable bonds is 7. The van der Waals surface area contributed by atoms with E-state index in [4.69, 9.17) is 33.7 Å². The van der Waals surface area contributed by atoms with Crippen LogP contribution in [0.25, 0.3) is 0 Å². The standard InChI is InChI=1S/C13H20Cl2N2O3S/c1-4-20-7-12(8(2)3)17-21(18,19)13-10(15)5-9(14)6-11(13)16/h5-6,8,12,17H,4,7,16H2,1-3H3. The van der Waals surface area contributed by atoms with E-state index in [2.05, 4.69) is 4.72 Å². The number of halogens is 2. The van der Waals surface area contributed by atoms with E-state index in [-0.39, 0.29) is 39.2 Å². The molecule has 0 heterocycles. The van der Waals surface area contributed by atoms with Crippen molar-refractivity contribution >= 4 is 38.9 Å². The van der Waals surface area contributed by atoms with Crippen LogP contribution in [-0.4, -0.2) is 27.7 Å². The summed E-state index contributed by atoms with van der Waals surface area (Å²) < 4.78 is 32.9. The van der Waals surface area contributed by atoms with Gasteiger partial charge in [0, 0.05) is 17.7 Å². The highest BCUT2D eigenvalue weighted by molar-refractivity contribution is 7.89. The molecule has 120 valence electrons. The first-order valence-corrected chi connectivity index (χ1v) is 8.77. The molecule has 0 aliphatic heterocycles. The van der Waals surface area contributed by atoms with Gasteiger partial charge in [0.1, 0.15) is 4.90 Å². The van der Waals surface area contributed by atoms with Gasteiger partial charge in [0.05, 0.1) is 17.3 Å². The summed E-state index contributed by atoms with van der Waals surface area (Å²) in [5.74, 6) is 0.0543. The van der Waals surface area contributed by atoms with Crippen LogP contribution in [0.4, 0.5) is 5.69 Å². The maximum atomic E-state index is 12.5. The van der Waals surface area contributed by atoms with Crippen LogP contribution in [-0.2, 0) is 14.8 Å². The number of sulfonamides is 1. The number of hydrogen-bond acceptors (Lipinski definition) is 4. The second-order valence-corrected chi connectivity index (χ2v) is 7.43. The molecule has 8 heteroatoms. The van der Waals surface area contributed by atoms with Crippen molar-refractivity contribution in [3.05, 3.63) is 22.2 Å². The van der Waals surface area contributed by atoms with E-state index >= 15 is 0 Å². The van der Waals surface area contributed by atoms with E-state index in [1.165, 1.54) is 12.1 Å². The quantitative estimate of drug-likeness (QED) is 0.737. The minimum Gasteiger partial charge on any atom is -0.398 e. The number of anilines is 1. The summed E-state index contributed by atoms with van der Waals surface area (Å²) in [5, 5.41) is 0.276. The predicted molar refractivity (Wildman–Crippen MR) is 86.3 cm³/mol. The summed E-state index contributed by atoms with van der Waals surface area (Å²) in [4.78, 5) is -0.157. The summed E-state index contributed by atoms with van der Waals surface area (Å²) in [6.07, 6.45) is 0. The number of nitrogens with one attached hydrogen (secondary N) is 1. The average molecular weight is 355 g/mol. The van der Waals surface area contributed by atoms with Crippen LogP contribution in [0.3, 0.4) is 0 Å². The van der Waals surface area contributed by atoms with Crippen LogP contribution in [0.2, 0.25) is 10.0 Å². The molecule has 1 unspecified atom stereocenters. The number of nitrogen functional groups attached to an aromatic ring is 1. The lowest BCUT2D eigenvalue weighted by atomic mass is 10.1. The Morgan fingerprint density at radius 3 is 2.43 bits per heavy atom. The minimum absolute atomic E-state index is 0.00795. The van der Waals surface area contributed by atoms with Crippen LogP contribution in [0, 0.1) is 5.92 Å². The third-order valence-corrected chi connectivity index (χ3v) is 5.15. The summed E-state index contributed by atoms with van der Waals surface area (Å²) in [5.41, 5.74) is 5.75. The lowest BCUT2D eigenvalue weighted by Gasteiger charge is -2.22. The number of nitrogens with two attached hydrogens (primary N) is 1. The fraction of sp³-hybridized carbons (Fsp3) is 0.538. The Kier molecular flexibility index (Phi) is 6.74. The van der Waals surface area contributed by atoms with Gasteiger partial charge in [-0.25, -0.2) is 13.1 Å². The zero-order valence-electron chi connectivity index (χ0n) is 12.2. The predicted octanol–water partition coefficient (Wildman–Crippen LogP) is 2.92. The van der Waals surface area contributed by atoms with Crippen molar-refractivity contribution in [1.82, 2.24) is 4.72 Å². The molecule has 1 rings (SSSR count). The molecule has 0 radical (unpaired) electrons. The third kappa shape index (κ3) is 5.00. The Morgan fingerprint density at radius 2 is 1.95 bits per heavy atom. The Morgan fingerprint density at radius 1 is 1.33 bits per heavy atom. The zero-order valence-corrected chi connectivity index (χ0v) is 14.5. The van der Waals surface area contributed by atoms with E-state index in [1.807, 2.05) is 20.8 Å². The van der Waals surface area contributed by atoms with Crippen LogP contribution in [0.5, 0.6) is 0 Å². The van der Waals surface area contributed by atoms with Crippen molar-refractivity contribution in [2.75, 3.05) is 18.9 Å². The van der Waals surface area contributed by atoms with Crippen molar-refractivity contribution in [3.63, 3.8) is 0 Å². The van der Waals surface area contributed by atoms with Crippen molar-refractivity contribution < 1.29 is 13.2 Å². The van der Waals surface area contributed by atoms with Gasteiger partial charge in [0.2, 0.25) is 10.0 Å². The van der Waals surface area contributed by atoms with Gasteiger partial charge in [0.25, 0.3) is 0 Å². The highest BCUT2D eigenvalue weighted by Crippen LogP contribution is 2.31. The van der Waals surface area contributed by atoms with Gasteiger partial charge in [-0.1, -0.05) is 37.0 Å². The fourth-order valence-corrected chi connectivity index (χ4v) is 4.08. The molecule has 0 saturated carbocycles. The van der Waals surface area contributed by atoms with Gasteiger partial charge in [0.15, 0.2) is 0 Å². The smallest absolute Gasteiger partial charge is 0.244 e. The summed E-state index contributed by atoms with van der Waals surface area (Å²) in [6.45, 7) is 6.44. The molecule has 0 saturated heterocycles. The molecule has 0 aromatic heterocycles. The SMILES string of the molecule is CCOCC(NS(=O)(=O)c1c(N)cc(Cl)cc1Cl)C(C)C. The van der Waals surface area contributed by atoms with Gasteiger partial charge in [-0.2, -0.15) is 0 Å². The van der Waals surface area contributed by atoms with Crippen molar-refractivity contribution in [2.45, 2.75) is 31.7 Å². The number of hydrogen-bond donors (Lipinski definition) is 2. The maximum absolute atomic E-state index is 12.5. The van der Waals surface area contributed by atoms with Crippen LogP contribution < -0.4 is 10.5 Å². The highest BCUT2D eigenvalue weighted by atomic mass is 35.5. The topological polar surface area (TPSA) is 81.4 Å². The zero-order chi connectivity index (χ0) is 16.2. The molecule has 1 aromatic carbocycles. The summed E-state index contributed by atoms with van der Waals surface area (Å²) in [7, 11) is -3.86. The van der Waals surface area contributed by atoms with E-state index in [0.29, 0.717) is 6.61 Å². The molecule has 0 amide bonds. The van der Waals surface area contributed by atoms with Gasteiger partial charge in [-0.15, -0.1) is 0 Å². The molecule has 0 aliphatic rings. The average Bonchev–Trinajstić information content (AvgIpc) is 2.32. The summed E-state index contributed by atoms with van der Waals surface area (Å²) in [6, 6.07) is 2.33. The second-order valence-electron chi connectivity index (χ2n) is 4.94. The first kappa shape index (κ1) is 18.5. The molecule has 0 spiro atoms. The van der Waals surface area contributed by atoms with Gasteiger partial charge in [-0.05, 0) is 25.0 Å². The highest BCUT2D eigenvalue weighted by Gasteiger charge is 2.27. The Labute approximate surface area is 135 Å². The summed E-state index contributed by atoms with van der Waals surface area (Å²) >= 11 is 11.8. The molecule has 1 atom stereocenters. The minimum atomic E-state index is -3.86. The molecular weight excluding hydrogens is 335 g/mol. The van der Waals surface area contributed by atoms with E-state index in [1.54, 1.807) is 0 Å². The van der Waals surface area contributed by atoms with Crippen molar-refractivity contribution in [1.29, 1.82) is 0 Å². The van der Waals surface area contributed by atoms with E-state index in [0.717, 1.165) is 0 Å². The second kappa shape index (κ2) is 7.65. The number of benzene rings is 1. The Hall–Kier alpha value is -0.530. The molecule has 1 aromatic rings. The fourth-order valence-electron chi connectivity index (χ4n) is 1.73. The lowest BCUT2D eigenvalue weighted by Crippen LogP contribution is -2.42. The first-order valence-electron chi connectivity index (χ1n) is 6.53. The number of ether oxygens (including phenoxy) is 1. The monoisotopic (exact) mass is 354 g/mol. The maximum Gasteiger partial charge on any atom is 0.244 e. The Balaban J connectivity index is 3.11. The van der Waals surface area contributed by atoms with E-state index in [9.17, 15) is 8.42 Å². The van der Waals surface area contributed by atoms with Gasteiger partial charge in [-0.3, -0.25) is 0 Å². The first-order chi connectivity index (χ1) is 9.69. The molecule has 5 nitrogen and oxygen atoms in total. The normalized spacial score (nSPS) is 13.6. The van der Waals surface area contributed by atoms with Crippen LogP contribution in [0.1, 0.15) is 20.8 Å². The molecule has 0 fully saturated rings. The molecule has 0 bridgehead atoms. The molecule has 0 aliphatic carbocycles. The molecular formula is C13H20Cl2N2O3S. The van der Waals surface area contributed by atoms with Gasteiger partial charge < -0.3 is 10.5 Å². The lowest BCUT2D eigenvalue weighted by molar-refractivity contribution is 0.116. The van der Waals surface area contributed by atoms with Crippen LogP contribution in [0.15, 0.2) is 17.0 Å². The van der Waals surface area contributed by atoms with Crippen molar-refractivity contribution in [2.24, 2.45) is 5.92 Å². The third-order valence-electron chi connectivity index (χ3n) is 2.92. The van der Waals surface area contributed by atoms with E-state index < -0.39 is 10.0 Å². The molecule has 3 N–H and O–H groups in total. The largest absolute Gasteiger partial charge is 0.398 e. The van der Waals surface area contributed by atoms with Crippen molar-refractivity contribution in [3.8, 4) is 0 Å².